The van der Waals surface area contributed by atoms with Gasteiger partial charge in [-0.15, -0.1) is 0 Å². The average molecular weight is 229 g/mol. The minimum Gasteiger partial charge on any atom is -0.378 e. The molecule has 1 heterocycles. The van der Waals surface area contributed by atoms with Crippen molar-refractivity contribution in [1.29, 1.82) is 0 Å². The maximum atomic E-state index is 11.3. The number of likely N-dealkylation sites (N-methyl/N-ethyl adjacent to an activating group) is 1. The Hall–Kier alpha value is -1.14. The number of hydrogen-bond donors (Lipinski definition) is 1. The third kappa shape index (κ3) is 4.59. The number of imide groups is 1. The molecule has 16 heavy (non-hydrogen) atoms. The van der Waals surface area contributed by atoms with E-state index in [0.29, 0.717) is 32.7 Å². The molecule has 1 aliphatic rings. The van der Waals surface area contributed by atoms with E-state index in [1.807, 2.05) is 19.0 Å². The predicted molar refractivity (Wildman–Crippen MR) is 59.1 cm³/mol. The molecule has 6 nitrogen and oxygen atoms in total. The number of nitrogens with one attached hydrogen (secondary N) is 1. The van der Waals surface area contributed by atoms with Crippen LogP contribution >= 0.6 is 0 Å². The van der Waals surface area contributed by atoms with Gasteiger partial charge in [-0.1, -0.05) is 0 Å². The number of urea groups is 1. The first-order valence-corrected chi connectivity index (χ1v) is 5.41. The summed E-state index contributed by atoms with van der Waals surface area (Å²) in [6, 6.07) is -0.313. The molecule has 92 valence electrons. The van der Waals surface area contributed by atoms with Crippen LogP contribution in [0.25, 0.3) is 0 Å². The molecule has 6 heteroatoms. The number of carbonyl (C=O) groups excluding carboxylic acids is 2. The number of amides is 3. The SMILES string of the molecule is CN(C)CCOCCN1CCC(=O)NC1=O. The summed E-state index contributed by atoms with van der Waals surface area (Å²) in [5, 5.41) is 2.27. The van der Waals surface area contributed by atoms with Crippen LogP contribution in [-0.2, 0) is 9.53 Å². The third-order valence-corrected chi connectivity index (χ3v) is 2.33. The minimum absolute atomic E-state index is 0.199. The highest BCUT2D eigenvalue weighted by Gasteiger charge is 2.21. The number of hydrogen-bond acceptors (Lipinski definition) is 4. The van der Waals surface area contributed by atoms with Crippen molar-refractivity contribution in [2.75, 3.05) is 46.9 Å². The van der Waals surface area contributed by atoms with E-state index in [-0.39, 0.29) is 11.9 Å². The van der Waals surface area contributed by atoms with Crippen LogP contribution in [0.4, 0.5) is 4.79 Å². The maximum Gasteiger partial charge on any atom is 0.324 e. The molecular weight excluding hydrogens is 210 g/mol. The van der Waals surface area contributed by atoms with Crippen LogP contribution in [0, 0.1) is 0 Å². The average Bonchev–Trinajstić information content (AvgIpc) is 2.20. The lowest BCUT2D eigenvalue weighted by molar-refractivity contribution is -0.121. The van der Waals surface area contributed by atoms with Gasteiger partial charge in [0.05, 0.1) is 13.2 Å². The molecule has 0 bridgehead atoms. The molecule has 0 aromatic carbocycles. The summed E-state index contributed by atoms with van der Waals surface area (Å²) in [5.74, 6) is -0.199. The summed E-state index contributed by atoms with van der Waals surface area (Å²) in [6.07, 6.45) is 0.378. The molecule has 0 radical (unpaired) electrons. The van der Waals surface area contributed by atoms with Gasteiger partial charge in [-0.2, -0.15) is 0 Å². The van der Waals surface area contributed by atoms with Crippen molar-refractivity contribution < 1.29 is 14.3 Å². The second kappa shape index (κ2) is 6.44. The molecule has 1 aliphatic heterocycles. The second-order valence-corrected chi connectivity index (χ2v) is 4.01. The summed E-state index contributed by atoms with van der Waals surface area (Å²) < 4.78 is 5.37. The highest BCUT2D eigenvalue weighted by Crippen LogP contribution is 1.99. The van der Waals surface area contributed by atoms with Crippen LogP contribution in [0.15, 0.2) is 0 Å². The van der Waals surface area contributed by atoms with Crippen LogP contribution in [0.2, 0.25) is 0 Å². The van der Waals surface area contributed by atoms with E-state index in [0.717, 1.165) is 6.54 Å². The topological polar surface area (TPSA) is 61.9 Å². The standard InChI is InChI=1S/C10H19N3O3/c1-12(2)5-7-16-8-6-13-4-3-9(14)11-10(13)15/h3-8H2,1-2H3,(H,11,14,15). The Morgan fingerprint density at radius 1 is 1.38 bits per heavy atom. The van der Waals surface area contributed by atoms with E-state index in [9.17, 15) is 9.59 Å². The summed E-state index contributed by atoms with van der Waals surface area (Å²) in [4.78, 5) is 25.8. The normalized spacial score (nSPS) is 16.8. The predicted octanol–water partition coefficient (Wildman–Crippen LogP) is -0.493. The van der Waals surface area contributed by atoms with Gasteiger partial charge in [-0.3, -0.25) is 10.1 Å². The van der Waals surface area contributed by atoms with Crippen molar-refractivity contribution in [3.63, 3.8) is 0 Å². The minimum atomic E-state index is -0.313. The molecule has 3 amide bonds. The van der Waals surface area contributed by atoms with Gasteiger partial charge in [0.2, 0.25) is 5.91 Å². The van der Waals surface area contributed by atoms with Crippen LogP contribution in [0.1, 0.15) is 6.42 Å². The first-order chi connectivity index (χ1) is 7.59. The fourth-order valence-electron chi connectivity index (χ4n) is 1.34. The zero-order valence-corrected chi connectivity index (χ0v) is 9.86. The van der Waals surface area contributed by atoms with Crippen molar-refractivity contribution in [3.05, 3.63) is 0 Å². The Bertz CT molecular complexity index is 256. The van der Waals surface area contributed by atoms with Crippen molar-refractivity contribution in [2.24, 2.45) is 0 Å². The lowest BCUT2D eigenvalue weighted by Gasteiger charge is -2.26. The maximum absolute atomic E-state index is 11.3. The molecule has 0 unspecified atom stereocenters. The Kier molecular flexibility index (Phi) is 5.21. The highest BCUT2D eigenvalue weighted by molar-refractivity contribution is 5.96. The van der Waals surface area contributed by atoms with Crippen LogP contribution in [-0.4, -0.2) is 68.7 Å². The van der Waals surface area contributed by atoms with Gasteiger partial charge < -0.3 is 14.5 Å². The van der Waals surface area contributed by atoms with Gasteiger partial charge in [0.25, 0.3) is 0 Å². The number of ether oxygens (including phenoxy) is 1. The molecule has 0 aromatic heterocycles. The van der Waals surface area contributed by atoms with Crippen molar-refractivity contribution in [2.45, 2.75) is 6.42 Å². The van der Waals surface area contributed by atoms with E-state index in [4.69, 9.17) is 4.74 Å². The summed E-state index contributed by atoms with van der Waals surface area (Å²) in [6.45, 7) is 3.05. The number of nitrogens with zero attached hydrogens (tertiary/aromatic N) is 2. The number of carbonyl (C=O) groups is 2. The Morgan fingerprint density at radius 2 is 2.12 bits per heavy atom. The zero-order valence-electron chi connectivity index (χ0n) is 9.86. The van der Waals surface area contributed by atoms with Gasteiger partial charge in [0, 0.05) is 26.1 Å². The van der Waals surface area contributed by atoms with Gasteiger partial charge in [-0.05, 0) is 14.1 Å². The molecule has 1 rings (SSSR count). The molecular formula is C10H19N3O3. The fourth-order valence-corrected chi connectivity index (χ4v) is 1.34. The van der Waals surface area contributed by atoms with Gasteiger partial charge in [0.1, 0.15) is 0 Å². The van der Waals surface area contributed by atoms with Crippen molar-refractivity contribution in [1.82, 2.24) is 15.1 Å². The molecule has 1 saturated heterocycles. The quantitative estimate of drug-likeness (QED) is 0.624. The van der Waals surface area contributed by atoms with Crippen LogP contribution < -0.4 is 5.32 Å². The van der Waals surface area contributed by atoms with E-state index in [1.54, 1.807) is 4.90 Å². The lowest BCUT2D eigenvalue weighted by atomic mass is 10.3. The molecule has 0 aliphatic carbocycles. The Balaban J connectivity index is 2.09. The smallest absolute Gasteiger partial charge is 0.324 e. The molecule has 0 aromatic rings. The highest BCUT2D eigenvalue weighted by atomic mass is 16.5. The van der Waals surface area contributed by atoms with Gasteiger partial charge in [0.15, 0.2) is 0 Å². The molecule has 1 N–H and O–H groups in total. The molecule has 1 fully saturated rings. The Labute approximate surface area is 95.5 Å². The van der Waals surface area contributed by atoms with E-state index < -0.39 is 0 Å². The van der Waals surface area contributed by atoms with E-state index >= 15 is 0 Å². The van der Waals surface area contributed by atoms with E-state index in [1.165, 1.54) is 0 Å². The van der Waals surface area contributed by atoms with Crippen molar-refractivity contribution in [3.8, 4) is 0 Å². The zero-order chi connectivity index (χ0) is 12.0. The lowest BCUT2D eigenvalue weighted by Crippen LogP contribution is -2.50. The van der Waals surface area contributed by atoms with Gasteiger partial charge in [-0.25, -0.2) is 4.79 Å². The summed E-state index contributed by atoms with van der Waals surface area (Å²) in [7, 11) is 3.96. The first-order valence-electron chi connectivity index (χ1n) is 5.41. The van der Waals surface area contributed by atoms with Crippen LogP contribution in [0.5, 0.6) is 0 Å². The summed E-state index contributed by atoms with van der Waals surface area (Å²) in [5.41, 5.74) is 0. The first kappa shape index (κ1) is 12.9. The molecule has 0 saturated carbocycles. The largest absolute Gasteiger partial charge is 0.378 e. The number of rotatable bonds is 6. The Morgan fingerprint density at radius 3 is 2.75 bits per heavy atom. The second-order valence-electron chi connectivity index (χ2n) is 4.01. The fraction of sp³-hybridized carbons (Fsp3) is 0.800. The summed E-state index contributed by atoms with van der Waals surface area (Å²) >= 11 is 0. The molecule has 0 spiro atoms. The third-order valence-electron chi connectivity index (χ3n) is 2.33. The van der Waals surface area contributed by atoms with E-state index in [2.05, 4.69) is 5.32 Å². The molecule has 0 atom stereocenters. The van der Waals surface area contributed by atoms with Crippen LogP contribution in [0.3, 0.4) is 0 Å². The van der Waals surface area contributed by atoms with Gasteiger partial charge >= 0.3 is 6.03 Å². The van der Waals surface area contributed by atoms with Crippen molar-refractivity contribution >= 4 is 11.9 Å². The monoisotopic (exact) mass is 229 g/mol.